The van der Waals surface area contributed by atoms with Crippen LogP contribution in [0.3, 0.4) is 0 Å². The van der Waals surface area contributed by atoms with Crippen LogP contribution in [-0.4, -0.2) is 0 Å². The molecule has 5 heteroatoms. The predicted molar refractivity (Wildman–Crippen MR) is 146 cm³/mol. The molecule has 5 aromatic rings. The normalized spacial score (nSPS) is 11.5. The Morgan fingerprint density at radius 1 is 0.667 bits per heavy atom. The van der Waals surface area contributed by atoms with E-state index in [0.29, 0.717) is 11.3 Å². The molecule has 5 aromatic carbocycles. The van der Waals surface area contributed by atoms with Crippen molar-refractivity contribution < 1.29 is 13.2 Å². The van der Waals surface area contributed by atoms with Gasteiger partial charge in [-0.15, -0.1) is 0 Å². The molecule has 0 aliphatic heterocycles. The summed E-state index contributed by atoms with van der Waals surface area (Å²) in [5.41, 5.74) is 10.4. The van der Waals surface area contributed by atoms with Gasteiger partial charge in [-0.25, -0.2) is 0 Å². The maximum atomic E-state index is 13.2. The Bertz CT molecular complexity index is 1590. The van der Waals surface area contributed by atoms with E-state index >= 15 is 0 Å². The van der Waals surface area contributed by atoms with Crippen molar-refractivity contribution in [2.45, 2.75) is 11.1 Å². The largest absolute Gasteiger partial charge is 0.416 e. The highest BCUT2D eigenvalue weighted by molar-refractivity contribution is 8.08. The molecule has 0 aliphatic rings. The topological polar surface area (TPSA) is 26.0 Å². The van der Waals surface area contributed by atoms with Gasteiger partial charge in [-0.1, -0.05) is 97.2 Å². The zero-order valence-electron chi connectivity index (χ0n) is 19.2. The Morgan fingerprint density at radius 2 is 1.31 bits per heavy atom. The minimum atomic E-state index is -4.38. The van der Waals surface area contributed by atoms with Crippen LogP contribution in [-0.2, 0) is 6.18 Å². The molecule has 1 nitrogen and oxygen atoms in total. The van der Waals surface area contributed by atoms with E-state index in [0.717, 1.165) is 48.9 Å². The first-order valence-corrected chi connectivity index (χ1v) is 12.1. The molecule has 0 unspecified atom stereocenters. The number of thioether (sulfide) groups is 1. The van der Waals surface area contributed by atoms with Crippen molar-refractivity contribution >= 4 is 33.1 Å². The van der Waals surface area contributed by atoms with Gasteiger partial charge in [0, 0.05) is 15.5 Å². The molecule has 0 aliphatic carbocycles. The monoisotopic (exact) mass is 497 g/mol. The summed E-state index contributed by atoms with van der Waals surface area (Å²) < 4.78 is 39.7. The molecule has 2 N–H and O–H groups in total. The number of alkyl halides is 3. The third kappa shape index (κ3) is 4.75. The van der Waals surface area contributed by atoms with E-state index in [4.69, 9.17) is 5.73 Å². The number of nitrogen functional groups attached to an aromatic ring is 1. The minimum Gasteiger partial charge on any atom is -0.398 e. The van der Waals surface area contributed by atoms with Crippen molar-refractivity contribution in [3.05, 3.63) is 127 Å². The van der Waals surface area contributed by atoms with Gasteiger partial charge in [-0.2, -0.15) is 13.2 Å². The number of nitrogens with two attached hydrogens (primary N) is 1. The summed E-state index contributed by atoms with van der Waals surface area (Å²) in [5, 5.41) is 2.09. The van der Waals surface area contributed by atoms with Gasteiger partial charge in [-0.3, -0.25) is 0 Å². The average Bonchev–Trinajstić information content (AvgIpc) is 2.89. The third-order valence-corrected chi connectivity index (χ3v) is 7.13. The summed E-state index contributed by atoms with van der Waals surface area (Å²) >= 11 is 1.53. The second-order valence-corrected chi connectivity index (χ2v) is 9.57. The Hall–Kier alpha value is -3.96. The van der Waals surface area contributed by atoms with Crippen molar-refractivity contribution in [1.82, 2.24) is 0 Å². The molecule has 0 saturated carbocycles. The van der Waals surface area contributed by atoms with Crippen LogP contribution in [0.4, 0.5) is 18.9 Å². The molecule has 0 aromatic heterocycles. The van der Waals surface area contributed by atoms with Gasteiger partial charge in [0.15, 0.2) is 0 Å². The highest BCUT2D eigenvalue weighted by Gasteiger charge is 2.30. The molecule has 0 saturated heterocycles. The van der Waals surface area contributed by atoms with Crippen molar-refractivity contribution in [3.8, 4) is 22.3 Å². The Balaban J connectivity index is 1.55. The summed E-state index contributed by atoms with van der Waals surface area (Å²) in [4.78, 5) is 1.83. The lowest BCUT2D eigenvalue weighted by molar-refractivity contribution is -0.137. The van der Waals surface area contributed by atoms with Gasteiger partial charge in [0.05, 0.1) is 5.56 Å². The van der Waals surface area contributed by atoms with Crippen LogP contribution in [0.15, 0.2) is 121 Å². The van der Waals surface area contributed by atoms with E-state index in [9.17, 15) is 13.2 Å². The van der Waals surface area contributed by atoms with E-state index in [1.54, 1.807) is 6.07 Å². The molecule has 5 rings (SSSR count). The number of anilines is 1. The predicted octanol–water partition coefficient (Wildman–Crippen LogP) is 9.54. The standard InChI is InChI=1S/C31H22F3NS/c1-20(36-30-15-5-4-14-29(30)35)25-16-17-26(28-13-3-2-12-27(25)28)23-10-6-8-21(18-23)22-9-7-11-24(19-22)31(32,33)34/h2-19H,1,35H2. The van der Waals surface area contributed by atoms with Gasteiger partial charge >= 0.3 is 6.18 Å². The Kier molecular flexibility index (Phi) is 6.33. The highest BCUT2D eigenvalue weighted by Crippen LogP contribution is 2.41. The second-order valence-electron chi connectivity index (χ2n) is 8.43. The zero-order valence-corrected chi connectivity index (χ0v) is 20.0. The SMILES string of the molecule is C=C(Sc1ccccc1N)c1ccc(-c2cccc(-c3cccc(C(F)(F)F)c3)c2)c2ccccc12. The van der Waals surface area contributed by atoms with Gasteiger partial charge in [-0.05, 0) is 68.9 Å². The Morgan fingerprint density at radius 3 is 2.06 bits per heavy atom. The van der Waals surface area contributed by atoms with Crippen molar-refractivity contribution in [3.63, 3.8) is 0 Å². The van der Waals surface area contributed by atoms with E-state index in [2.05, 4.69) is 18.7 Å². The molecular weight excluding hydrogens is 475 g/mol. The summed E-state index contributed by atoms with van der Waals surface area (Å²) in [5.74, 6) is 0. The van der Waals surface area contributed by atoms with Crippen molar-refractivity contribution in [1.29, 1.82) is 0 Å². The fraction of sp³-hybridized carbons (Fsp3) is 0.0323. The van der Waals surface area contributed by atoms with Crippen LogP contribution >= 0.6 is 11.8 Å². The first-order valence-electron chi connectivity index (χ1n) is 11.3. The molecule has 0 fully saturated rings. The van der Waals surface area contributed by atoms with Crippen LogP contribution in [0.2, 0.25) is 0 Å². The molecule has 0 atom stereocenters. The lowest BCUT2D eigenvalue weighted by Crippen LogP contribution is -2.04. The molecule has 178 valence electrons. The Labute approximate surface area is 212 Å². The van der Waals surface area contributed by atoms with Crippen LogP contribution in [0.5, 0.6) is 0 Å². The van der Waals surface area contributed by atoms with Gasteiger partial charge in [0.25, 0.3) is 0 Å². The number of hydrogen-bond donors (Lipinski definition) is 1. The van der Waals surface area contributed by atoms with Gasteiger partial charge < -0.3 is 5.73 Å². The van der Waals surface area contributed by atoms with Crippen molar-refractivity contribution in [2.75, 3.05) is 5.73 Å². The van der Waals surface area contributed by atoms with E-state index in [1.807, 2.05) is 72.8 Å². The quantitative estimate of drug-likeness (QED) is 0.193. The number of hydrogen-bond acceptors (Lipinski definition) is 2. The number of halogens is 3. The molecule has 0 amide bonds. The smallest absolute Gasteiger partial charge is 0.398 e. The van der Waals surface area contributed by atoms with Crippen LogP contribution in [0.1, 0.15) is 11.1 Å². The van der Waals surface area contributed by atoms with Crippen LogP contribution in [0.25, 0.3) is 37.9 Å². The fourth-order valence-electron chi connectivity index (χ4n) is 4.30. The van der Waals surface area contributed by atoms with E-state index < -0.39 is 11.7 Å². The molecule has 0 heterocycles. The van der Waals surface area contributed by atoms with Gasteiger partial charge in [0.2, 0.25) is 0 Å². The lowest BCUT2D eigenvalue weighted by atomic mass is 9.93. The molecule has 0 bridgehead atoms. The number of para-hydroxylation sites is 1. The third-order valence-electron chi connectivity index (χ3n) is 6.07. The molecule has 0 spiro atoms. The molecular formula is C31H22F3NS. The minimum absolute atomic E-state index is 0.526. The number of benzene rings is 5. The average molecular weight is 498 g/mol. The fourth-order valence-corrected chi connectivity index (χ4v) is 5.18. The second kappa shape index (κ2) is 9.59. The lowest BCUT2D eigenvalue weighted by Gasteiger charge is -2.15. The summed E-state index contributed by atoms with van der Waals surface area (Å²) in [6.45, 7) is 4.31. The van der Waals surface area contributed by atoms with Gasteiger partial charge in [0.1, 0.15) is 0 Å². The first-order chi connectivity index (χ1) is 17.3. The number of fused-ring (bicyclic) bond motifs is 1. The van der Waals surface area contributed by atoms with E-state index in [1.165, 1.54) is 23.9 Å². The summed E-state index contributed by atoms with van der Waals surface area (Å²) in [7, 11) is 0. The molecule has 36 heavy (non-hydrogen) atoms. The van der Waals surface area contributed by atoms with Crippen molar-refractivity contribution in [2.24, 2.45) is 0 Å². The highest BCUT2D eigenvalue weighted by atomic mass is 32.2. The first kappa shape index (κ1) is 23.8. The zero-order chi connectivity index (χ0) is 25.3. The maximum absolute atomic E-state index is 13.2. The molecule has 0 radical (unpaired) electrons. The van der Waals surface area contributed by atoms with E-state index in [-0.39, 0.29) is 0 Å². The maximum Gasteiger partial charge on any atom is 0.416 e. The van der Waals surface area contributed by atoms with Crippen LogP contribution in [0, 0.1) is 0 Å². The van der Waals surface area contributed by atoms with Crippen LogP contribution < -0.4 is 5.73 Å². The summed E-state index contributed by atoms with van der Waals surface area (Å²) in [6.07, 6.45) is -4.38. The number of rotatable bonds is 5. The summed E-state index contributed by atoms with van der Waals surface area (Å²) in [6, 6.07) is 32.9.